The first-order valence-corrected chi connectivity index (χ1v) is 7.33. The first-order chi connectivity index (χ1) is 10.5. The first-order valence-electron chi connectivity index (χ1n) is 6.55. The number of H-pyrrole nitrogens is 1. The van der Waals surface area contributed by atoms with Crippen LogP contribution in [0.5, 0.6) is 5.75 Å². The van der Waals surface area contributed by atoms with Gasteiger partial charge in [0.15, 0.2) is 10.6 Å². The molecule has 1 aromatic carbocycles. The predicted molar refractivity (Wildman–Crippen MR) is 87.2 cm³/mol. The lowest BCUT2D eigenvalue weighted by Crippen LogP contribution is -2.04. The third-order valence-corrected chi connectivity index (χ3v) is 4.09. The van der Waals surface area contributed by atoms with E-state index in [1.165, 1.54) is 0 Å². The van der Waals surface area contributed by atoms with Crippen LogP contribution in [0.25, 0.3) is 17.2 Å². The van der Waals surface area contributed by atoms with Crippen LogP contribution in [0.4, 0.5) is 0 Å². The molecule has 0 aliphatic carbocycles. The van der Waals surface area contributed by atoms with E-state index in [1.54, 1.807) is 16.4 Å². The summed E-state index contributed by atoms with van der Waals surface area (Å²) in [6, 6.07) is 7.58. The average Bonchev–Trinajstić information content (AvgIpc) is 2.99. The van der Waals surface area contributed by atoms with Crippen molar-refractivity contribution in [3.8, 4) is 23.0 Å². The number of methoxy groups -OCH3 is 1. The van der Waals surface area contributed by atoms with E-state index in [2.05, 4.69) is 15.3 Å². The molecule has 0 aliphatic heterocycles. The lowest BCUT2D eigenvalue weighted by molar-refractivity contribution is 0.413. The summed E-state index contributed by atoms with van der Waals surface area (Å²) in [5, 5.41) is 12.0. The van der Waals surface area contributed by atoms with Crippen LogP contribution >= 0.6 is 23.8 Å². The molecule has 0 spiro atoms. The van der Waals surface area contributed by atoms with Crippen molar-refractivity contribution in [1.82, 2.24) is 24.5 Å². The molecule has 22 heavy (non-hydrogen) atoms. The van der Waals surface area contributed by atoms with E-state index in [-0.39, 0.29) is 0 Å². The van der Waals surface area contributed by atoms with E-state index in [9.17, 15) is 0 Å². The molecule has 0 unspecified atom stereocenters. The fraction of sp³-hybridized carbons (Fsp3) is 0.214. The molecule has 2 aromatic heterocycles. The fourth-order valence-corrected chi connectivity index (χ4v) is 2.84. The fourth-order valence-electron chi connectivity index (χ4n) is 2.37. The van der Waals surface area contributed by atoms with Gasteiger partial charge in [-0.05, 0) is 31.3 Å². The van der Waals surface area contributed by atoms with Crippen molar-refractivity contribution in [2.75, 3.05) is 7.11 Å². The number of nitrogens with zero attached hydrogens (tertiary/aromatic N) is 4. The van der Waals surface area contributed by atoms with Crippen LogP contribution in [0.3, 0.4) is 0 Å². The molecular formula is C14H14ClN5OS. The Balaban J connectivity index is 2.32. The van der Waals surface area contributed by atoms with Gasteiger partial charge in [-0.15, -0.1) is 0 Å². The van der Waals surface area contributed by atoms with E-state index >= 15 is 0 Å². The number of benzene rings is 1. The number of hydrogen-bond donors (Lipinski definition) is 1. The van der Waals surface area contributed by atoms with Crippen molar-refractivity contribution in [2.24, 2.45) is 7.05 Å². The SMILES string of the molecule is COc1ccccc1-n1c(-c2c(Cl)c(C)nn2C)n[nH]c1=S. The van der Waals surface area contributed by atoms with Crippen molar-refractivity contribution < 1.29 is 4.74 Å². The maximum Gasteiger partial charge on any atom is 0.200 e. The van der Waals surface area contributed by atoms with Crippen molar-refractivity contribution >= 4 is 23.8 Å². The smallest absolute Gasteiger partial charge is 0.200 e. The second-order valence-electron chi connectivity index (χ2n) is 4.73. The molecule has 3 rings (SSSR count). The van der Waals surface area contributed by atoms with E-state index in [1.807, 2.05) is 38.2 Å². The Morgan fingerprint density at radius 2 is 2.05 bits per heavy atom. The zero-order valence-corrected chi connectivity index (χ0v) is 13.9. The number of nitrogens with one attached hydrogen (secondary N) is 1. The van der Waals surface area contributed by atoms with Gasteiger partial charge in [-0.3, -0.25) is 14.3 Å². The molecule has 6 nitrogen and oxygen atoms in total. The highest BCUT2D eigenvalue weighted by molar-refractivity contribution is 7.71. The standard InChI is InChI=1S/C14H14ClN5OS/c1-8-11(15)12(19(2)18-8)13-16-17-14(22)20(13)9-6-4-5-7-10(9)21-3/h4-7H,1-3H3,(H,17,22). The molecule has 0 saturated carbocycles. The van der Waals surface area contributed by atoms with E-state index in [0.29, 0.717) is 27.1 Å². The third kappa shape index (κ3) is 2.22. The lowest BCUT2D eigenvalue weighted by atomic mass is 10.2. The van der Waals surface area contributed by atoms with Crippen molar-refractivity contribution in [2.45, 2.75) is 6.92 Å². The number of ether oxygens (including phenoxy) is 1. The molecule has 0 atom stereocenters. The second-order valence-corrected chi connectivity index (χ2v) is 5.50. The highest BCUT2D eigenvalue weighted by atomic mass is 35.5. The second kappa shape index (κ2) is 5.58. The van der Waals surface area contributed by atoms with Crippen LogP contribution in [0.1, 0.15) is 5.69 Å². The van der Waals surface area contributed by atoms with Crippen LogP contribution in [-0.2, 0) is 7.05 Å². The van der Waals surface area contributed by atoms with Gasteiger partial charge in [0.05, 0.1) is 23.5 Å². The molecule has 0 aliphatic rings. The molecule has 0 amide bonds. The molecule has 0 saturated heterocycles. The van der Waals surface area contributed by atoms with Crippen molar-refractivity contribution in [3.05, 3.63) is 39.8 Å². The minimum atomic E-state index is 0.453. The molecule has 1 N–H and O–H groups in total. The molecule has 2 heterocycles. The Bertz CT molecular complexity index is 895. The van der Waals surface area contributed by atoms with Crippen LogP contribution in [-0.4, -0.2) is 31.7 Å². The summed E-state index contributed by atoms with van der Waals surface area (Å²) in [6.07, 6.45) is 0. The molecule has 0 radical (unpaired) electrons. The maximum atomic E-state index is 6.38. The highest BCUT2D eigenvalue weighted by Gasteiger charge is 2.21. The predicted octanol–water partition coefficient (Wildman–Crippen LogP) is 3.30. The molecule has 8 heteroatoms. The minimum absolute atomic E-state index is 0.453. The van der Waals surface area contributed by atoms with E-state index in [0.717, 1.165) is 11.4 Å². The quantitative estimate of drug-likeness (QED) is 0.746. The van der Waals surface area contributed by atoms with Gasteiger partial charge in [-0.2, -0.15) is 10.2 Å². The molecule has 0 fully saturated rings. The van der Waals surface area contributed by atoms with Gasteiger partial charge >= 0.3 is 0 Å². The number of aryl methyl sites for hydroxylation is 2. The number of aromatic amines is 1. The summed E-state index contributed by atoms with van der Waals surface area (Å²) < 4.78 is 9.35. The van der Waals surface area contributed by atoms with E-state index in [4.69, 9.17) is 28.6 Å². The van der Waals surface area contributed by atoms with Gasteiger partial charge in [-0.1, -0.05) is 23.7 Å². The lowest BCUT2D eigenvalue weighted by Gasteiger charge is -2.11. The van der Waals surface area contributed by atoms with Crippen LogP contribution < -0.4 is 4.74 Å². The van der Waals surface area contributed by atoms with Gasteiger partial charge in [0.25, 0.3) is 0 Å². The summed E-state index contributed by atoms with van der Waals surface area (Å²) >= 11 is 11.7. The Morgan fingerprint density at radius 1 is 1.32 bits per heavy atom. The first kappa shape index (κ1) is 14.8. The van der Waals surface area contributed by atoms with Gasteiger partial charge in [0, 0.05) is 7.05 Å². The summed E-state index contributed by atoms with van der Waals surface area (Å²) in [5.74, 6) is 1.28. The Hall–Kier alpha value is -2.12. The summed E-state index contributed by atoms with van der Waals surface area (Å²) in [7, 11) is 3.43. The monoisotopic (exact) mass is 335 g/mol. The molecule has 114 valence electrons. The number of rotatable bonds is 3. The van der Waals surface area contributed by atoms with Crippen molar-refractivity contribution in [1.29, 1.82) is 0 Å². The Morgan fingerprint density at radius 3 is 2.68 bits per heavy atom. The molecule has 0 bridgehead atoms. The van der Waals surface area contributed by atoms with Crippen LogP contribution in [0.15, 0.2) is 24.3 Å². The van der Waals surface area contributed by atoms with Gasteiger partial charge in [0.1, 0.15) is 11.4 Å². The Labute approximate surface area is 137 Å². The van der Waals surface area contributed by atoms with Crippen LogP contribution in [0.2, 0.25) is 5.02 Å². The minimum Gasteiger partial charge on any atom is -0.495 e. The topological polar surface area (TPSA) is 60.7 Å². The maximum absolute atomic E-state index is 6.38. The normalized spacial score (nSPS) is 10.9. The summed E-state index contributed by atoms with van der Waals surface area (Å²) in [4.78, 5) is 0. The number of halogens is 1. The molecule has 3 aromatic rings. The highest BCUT2D eigenvalue weighted by Crippen LogP contribution is 2.32. The zero-order valence-electron chi connectivity index (χ0n) is 12.3. The van der Waals surface area contributed by atoms with Gasteiger partial charge < -0.3 is 4.74 Å². The van der Waals surface area contributed by atoms with Gasteiger partial charge in [-0.25, -0.2) is 0 Å². The van der Waals surface area contributed by atoms with Crippen molar-refractivity contribution in [3.63, 3.8) is 0 Å². The zero-order chi connectivity index (χ0) is 15.9. The third-order valence-electron chi connectivity index (χ3n) is 3.36. The Kier molecular flexibility index (Phi) is 3.76. The van der Waals surface area contributed by atoms with E-state index < -0.39 is 0 Å². The number of hydrogen-bond acceptors (Lipinski definition) is 4. The number of para-hydroxylation sites is 2. The van der Waals surface area contributed by atoms with Gasteiger partial charge in [0.2, 0.25) is 0 Å². The number of aromatic nitrogens is 5. The average molecular weight is 336 g/mol. The molecular weight excluding hydrogens is 322 g/mol. The van der Waals surface area contributed by atoms with Crippen LogP contribution in [0, 0.1) is 11.7 Å². The largest absolute Gasteiger partial charge is 0.495 e. The summed E-state index contributed by atoms with van der Waals surface area (Å²) in [6.45, 7) is 1.85. The summed E-state index contributed by atoms with van der Waals surface area (Å²) in [5.41, 5.74) is 2.21.